The summed E-state index contributed by atoms with van der Waals surface area (Å²) in [6.07, 6.45) is 3.90. The van der Waals surface area contributed by atoms with Crippen molar-refractivity contribution in [2.24, 2.45) is 5.92 Å². The van der Waals surface area contributed by atoms with E-state index in [-0.39, 0.29) is 23.8 Å². The normalized spacial score (nSPS) is 16.6. The average molecular weight is 449 g/mol. The topological polar surface area (TPSA) is 74.3 Å². The van der Waals surface area contributed by atoms with Gasteiger partial charge in [-0.3, -0.25) is 9.59 Å². The second kappa shape index (κ2) is 11.0. The van der Waals surface area contributed by atoms with Gasteiger partial charge in [0.05, 0.1) is 12.0 Å². The number of benzene rings is 2. The van der Waals surface area contributed by atoms with Gasteiger partial charge in [-0.1, -0.05) is 60.7 Å². The Morgan fingerprint density at radius 2 is 1.75 bits per heavy atom. The Hall–Kier alpha value is -3.03. The smallest absolute Gasteiger partial charge is 0.230 e. The number of hydrogen-bond donors (Lipinski definition) is 2. The fourth-order valence-corrected chi connectivity index (χ4v) is 4.64. The largest absolute Gasteiger partial charge is 0.345 e. The Morgan fingerprint density at radius 1 is 1.06 bits per heavy atom. The van der Waals surface area contributed by atoms with Gasteiger partial charge in [-0.25, -0.2) is 4.98 Å². The molecule has 2 aromatic carbocycles. The average Bonchev–Trinajstić information content (AvgIpc) is 3.35. The lowest BCUT2D eigenvalue weighted by Gasteiger charge is -2.31. The summed E-state index contributed by atoms with van der Waals surface area (Å²) >= 11 is 1.42. The molecule has 1 aromatic heterocycles. The maximum absolute atomic E-state index is 12.8. The highest BCUT2D eigenvalue weighted by molar-refractivity contribution is 7.13. The van der Waals surface area contributed by atoms with Crippen molar-refractivity contribution >= 4 is 28.3 Å². The lowest BCUT2D eigenvalue weighted by atomic mass is 9.97. The molecule has 0 spiro atoms. The molecule has 7 heteroatoms. The zero-order valence-corrected chi connectivity index (χ0v) is 18.8. The molecule has 0 aliphatic carbocycles. The van der Waals surface area contributed by atoms with Crippen LogP contribution in [0, 0.1) is 5.92 Å². The first-order valence-corrected chi connectivity index (χ1v) is 11.9. The van der Waals surface area contributed by atoms with Gasteiger partial charge in [0.25, 0.3) is 0 Å². The number of likely N-dealkylation sites (tertiary alicyclic amines) is 1. The first-order valence-electron chi connectivity index (χ1n) is 11.0. The second-order valence-electron chi connectivity index (χ2n) is 8.04. The van der Waals surface area contributed by atoms with Gasteiger partial charge >= 0.3 is 0 Å². The summed E-state index contributed by atoms with van der Waals surface area (Å²) in [4.78, 5) is 31.7. The number of aromatic nitrogens is 1. The molecule has 32 heavy (non-hydrogen) atoms. The number of amides is 2. The molecular formula is C25H28N4O2S. The lowest BCUT2D eigenvalue weighted by Crippen LogP contribution is -2.42. The first-order chi connectivity index (χ1) is 15.7. The van der Waals surface area contributed by atoms with Gasteiger partial charge in [0, 0.05) is 31.1 Å². The summed E-state index contributed by atoms with van der Waals surface area (Å²) in [6, 6.07) is 19.9. The Balaban J connectivity index is 1.31. The van der Waals surface area contributed by atoms with Crippen LogP contribution < -0.4 is 10.6 Å². The van der Waals surface area contributed by atoms with Crippen LogP contribution in [0.15, 0.2) is 72.2 Å². The van der Waals surface area contributed by atoms with Gasteiger partial charge in [-0.05, 0) is 30.5 Å². The van der Waals surface area contributed by atoms with Crippen molar-refractivity contribution in [3.05, 3.63) is 83.4 Å². The number of rotatable bonds is 8. The van der Waals surface area contributed by atoms with Crippen molar-refractivity contribution < 1.29 is 9.59 Å². The van der Waals surface area contributed by atoms with E-state index >= 15 is 0 Å². The first kappa shape index (κ1) is 22.2. The highest BCUT2D eigenvalue weighted by Gasteiger charge is 2.26. The Morgan fingerprint density at radius 3 is 2.38 bits per heavy atom. The molecule has 1 atom stereocenters. The number of carbonyl (C=O) groups excluding carboxylic acids is 2. The standard InChI is InChI=1S/C25H28N4O2S/c30-22(27-23(19-8-3-1-4-9-19)20-10-5-2-6-11-20)13-16-29-15-7-12-21(18-29)24(31)28-25-26-14-17-32-25/h1-6,8-11,14,17,21,23H,7,12-13,15-16,18H2,(H,27,30)(H,26,28,31). The van der Waals surface area contributed by atoms with E-state index in [1.807, 2.05) is 66.0 Å². The number of carbonyl (C=O) groups is 2. The molecular weight excluding hydrogens is 420 g/mol. The van der Waals surface area contributed by atoms with Crippen molar-refractivity contribution in [3.8, 4) is 0 Å². The molecule has 2 heterocycles. The molecule has 0 radical (unpaired) electrons. The maximum Gasteiger partial charge on any atom is 0.230 e. The number of nitrogens with zero attached hydrogens (tertiary/aromatic N) is 2. The van der Waals surface area contributed by atoms with Crippen LogP contribution in [-0.2, 0) is 9.59 Å². The van der Waals surface area contributed by atoms with Gasteiger partial charge in [0.2, 0.25) is 11.8 Å². The van der Waals surface area contributed by atoms with Crippen molar-refractivity contribution in [1.29, 1.82) is 0 Å². The third-order valence-corrected chi connectivity index (χ3v) is 6.45. The molecule has 1 saturated heterocycles. The Labute approximate surface area is 192 Å². The molecule has 6 nitrogen and oxygen atoms in total. The monoisotopic (exact) mass is 448 g/mol. The van der Waals surface area contributed by atoms with Crippen molar-refractivity contribution in [3.63, 3.8) is 0 Å². The van der Waals surface area contributed by atoms with Gasteiger partial charge in [-0.2, -0.15) is 0 Å². The van der Waals surface area contributed by atoms with Crippen LogP contribution in [-0.4, -0.2) is 41.3 Å². The second-order valence-corrected chi connectivity index (χ2v) is 8.93. The maximum atomic E-state index is 12.8. The van der Waals surface area contributed by atoms with Gasteiger partial charge in [0.1, 0.15) is 0 Å². The highest BCUT2D eigenvalue weighted by Crippen LogP contribution is 2.23. The zero-order chi connectivity index (χ0) is 22.2. The van der Waals surface area contributed by atoms with E-state index in [9.17, 15) is 9.59 Å². The van der Waals surface area contributed by atoms with E-state index in [0.29, 0.717) is 24.6 Å². The summed E-state index contributed by atoms with van der Waals surface area (Å²) in [5.74, 6) is -0.0449. The van der Waals surface area contributed by atoms with Gasteiger partial charge in [-0.15, -0.1) is 11.3 Å². The van der Waals surface area contributed by atoms with Crippen molar-refractivity contribution in [2.75, 3.05) is 25.0 Å². The van der Waals surface area contributed by atoms with Crippen LogP contribution >= 0.6 is 11.3 Å². The summed E-state index contributed by atoms with van der Waals surface area (Å²) in [7, 11) is 0. The molecule has 1 fully saturated rings. The van der Waals surface area contributed by atoms with Crippen LogP contribution in [0.2, 0.25) is 0 Å². The molecule has 166 valence electrons. The Kier molecular flexibility index (Phi) is 7.64. The van der Waals surface area contributed by atoms with Gasteiger partial charge in [0.15, 0.2) is 5.13 Å². The molecule has 1 aliphatic heterocycles. The summed E-state index contributed by atoms with van der Waals surface area (Å²) in [6.45, 7) is 2.23. The predicted molar refractivity (Wildman–Crippen MR) is 127 cm³/mol. The molecule has 1 aliphatic rings. The van der Waals surface area contributed by atoms with Crippen molar-refractivity contribution in [1.82, 2.24) is 15.2 Å². The van der Waals surface area contributed by atoms with Crippen LogP contribution in [0.25, 0.3) is 0 Å². The summed E-state index contributed by atoms with van der Waals surface area (Å²) in [5, 5.41) is 8.59. The SMILES string of the molecule is O=C(CCN1CCCC(C(=O)Nc2nccs2)C1)NC(c1ccccc1)c1ccccc1. The molecule has 4 rings (SSSR count). The minimum absolute atomic E-state index is 0.0112. The quantitative estimate of drug-likeness (QED) is 0.544. The number of nitrogens with one attached hydrogen (secondary N) is 2. The number of anilines is 1. The molecule has 0 saturated carbocycles. The lowest BCUT2D eigenvalue weighted by molar-refractivity contribution is -0.122. The zero-order valence-electron chi connectivity index (χ0n) is 17.9. The molecule has 2 N–H and O–H groups in total. The number of piperidine rings is 1. The van der Waals surface area contributed by atoms with E-state index in [2.05, 4.69) is 20.5 Å². The van der Waals surface area contributed by atoms with E-state index in [0.717, 1.165) is 30.5 Å². The summed E-state index contributed by atoms with van der Waals surface area (Å²) in [5.41, 5.74) is 2.12. The van der Waals surface area contributed by atoms with E-state index < -0.39 is 0 Å². The number of hydrogen-bond acceptors (Lipinski definition) is 5. The third kappa shape index (κ3) is 6.02. The predicted octanol–water partition coefficient (Wildman–Crippen LogP) is 4.09. The minimum Gasteiger partial charge on any atom is -0.345 e. The molecule has 2 amide bonds. The van der Waals surface area contributed by atoms with E-state index in [1.165, 1.54) is 11.3 Å². The van der Waals surface area contributed by atoms with Crippen LogP contribution in [0.3, 0.4) is 0 Å². The summed E-state index contributed by atoms with van der Waals surface area (Å²) < 4.78 is 0. The highest BCUT2D eigenvalue weighted by atomic mass is 32.1. The van der Waals surface area contributed by atoms with Crippen LogP contribution in [0.5, 0.6) is 0 Å². The molecule has 1 unspecified atom stereocenters. The third-order valence-electron chi connectivity index (χ3n) is 5.76. The van der Waals surface area contributed by atoms with E-state index in [4.69, 9.17) is 0 Å². The van der Waals surface area contributed by atoms with E-state index in [1.54, 1.807) is 6.20 Å². The van der Waals surface area contributed by atoms with Crippen LogP contribution in [0.4, 0.5) is 5.13 Å². The Bertz CT molecular complexity index is 956. The van der Waals surface area contributed by atoms with Gasteiger partial charge < -0.3 is 15.5 Å². The fourth-order valence-electron chi connectivity index (χ4n) is 4.11. The fraction of sp³-hybridized carbons (Fsp3) is 0.320. The van der Waals surface area contributed by atoms with Crippen LogP contribution in [0.1, 0.15) is 36.4 Å². The minimum atomic E-state index is -0.178. The molecule has 0 bridgehead atoms. The van der Waals surface area contributed by atoms with Crippen molar-refractivity contribution in [2.45, 2.75) is 25.3 Å². The number of thiazole rings is 1. The molecule has 3 aromatic rings.